The monoisotopic (exact) mass is 330 g/mol. The van der Waals surface area contributed by atoms with Gasteiger partial charge in [-0.3, -0.25) is 4.79 Å². The van der Waals surface area contributed by atoms with Crippen molar-refractivity contribution in [3.8, 4) is 0 Å². The summed E-state index contributed by atoms with van der Waals surface area (Å²) in [6.07, 6.45) is 0. The molecule has 1 N–H and O–H groups in total. The standard InChI is InChI=1S/C16H15ClN4O2/c1-10-3-4-11(2)14(7-10)18-16(22)9-23-21-15-8-12(17)5-6-13(15)19-20-21/h3-8H,9H2,1-2H3,(H,18,22). The normalized spacial score (nSPS) is 10.7. The Morgan fingerprint density at radius 1 is 1.26 bits per heavy atom. The van der Waals surface area contributed by atoms with Crippen molar-refractivity contribution in [1.29, 1.82) is 0 Å². The van der Waals surface area contributed by atoms with Gasteiger partial charge in [-0.05, 0) is 54.5 Å². The molecule has 0 aliphatic carbocycles. The van der Waals surface area contributed by atoms with Crippen molar-refractivity contribution < 1.29 is 9.63 Å². The fraction of sp³-hybridized carbons (Fsp3) is 0.188. The van der Waals surface area contributed by atoms with E-state index in [1.807, 2.05) is 32.0 Å². The molecule has 6 nitrogen and oxygen atoms in total. The smallest absolute Gasteiger partial charge is 0.265 e. The van der Waals surface area contributed by atoms with Crippen molar-refractivity contribution in [2.75, 3.05) is 11.9 Å². The van der Waals surface area contributed by atoms with E-state index < -0.39 is 0 Å². The minimum Gasteiger partial charge on any atom is -0.385 e. The number of hydrogen-bond donors (Lipinski definition) is 1. The Kier molecular flexibility index (Phi) is 4.16. The minimum absolute atomic E-state index is 0.182. The number of carbonyl (C=O) groups is 1. The average molecular weight is 331 g/mol. The Morgan fingerprint density at radius 2 is 2.09 bits per heavy atom. The predicted molar refractivity (Wildman–Crippen MR) is 88.5 cm³/mol. The number of aryl methyl sites for hydroxylation is 2. The van der Waals surface area contributed by atoms with Crippen molar-refractivity contribution in [1.82, 2.24) is 15.2 Å². The molecule has 1 aromatic heterocycles. The molecular formula is C16H15ClN4O2. The van der Waals surface area contributed by atoms with Crippen LogP contribution in [0.25, 0.3) is 11.0 Å². The van der Waals surface area contributed by atoms with E-state index >= 15 is 0 Å². The van der Waals surface area contributed by atoms with Crippen LogP contribution in [0.15, 0.2) is 36.4 Å². The maximum absolute atomic E-state index is 12.1. The van der Waals surface area contributed by atoms with Crippen LogP contribution in [-0.4, -0.2) is 27.7 Å². The summed E-state index contributed by atoms with van der Waals surface area (Å²) in [7, 11) is 0. The number of aromatic nitrogens is 3. The molecule has 0 bridgehead atoms. The molecule has 2 aromatic carbocycles. The lowest BCUT2D eigenvalue weighted by molar-refractivity contribution is -0.121. The number of amides is 1. The Hall–Kier alpha value is -2.60. The Bertz CT molecular complexity index is 876. The molecule has 118 valence electrons. The summed E-state index contributed by atoms with van der Waals surface area (Å²) in [4.78, 5) is 18.6. The third kappa shape index (κ3) is 3.43. The van der Waals surface area contributed by atoms with Gasteiger partial charge in [0, 0.05) is 10.7 Å². The molecule has 0 spiro atoms. The molecule has 3 rings (SSSR count). The number of anilines is 1. The molecular weight excluding hydrogens is 316 g/mol. The van der Waals surface area contributed by atoms with Gasteiger partial charge in [-0.25, -0.2) is 0 Å². The summed E-state index contributed by atoms with van der Waals surface area (Å²) in [5, 5.41) is 11.2. The fourth-order valence-corrected chi connectivity index (χ4v) is 2.31. The van der Waals surface area contributed by atoms with Gasteiger partial charge in [0.25, 0.3) is 5.91 Å². The molecule has 23 heavy (non-hydrogen) atoms. The zero-order valence-electron chi connectivity index (χ0n) is 12.7. The summed E-state index contributed by atoms with van der Waals surface area (Å²) in [5.41, 5.74) is 4.08. The van der Waals surface area contributed by atoms with E-state index in [1.165, 1.54) is 4.85 Å². The quantitative estimate of drug-likeness (QED) is 0.798. The number of nitrogens with zero attached hydrogens (tertiary/aromatic N) is 3. The molecule has 0 aliphatic heterocycles. The van der Waals surface area contributed by atoms with E-state index in [4.69, 9.17) is 16.4 Å². The molecule has 0 saturated carbocycles. The Balaban J connectivity index is 1.68. The molecule has 0 atom stereocenters. The first-order valence-electron chi connectivity index (χ1n) is 7.04. The maximum atomic E-state index is 12.1. The van der Waals surface area contributed by atoms with Crippen LogP contribution in [0, 0.1) is 13.8 Å². The SMILES string of the molecule is Cc1ccc(C)c(NC(=O)COn2nnc3ccc(Cl)cc32)c1. The van der Waals surface area contributed by atoms with Gasteiger partial charge in [-0.15, -0.1) is 5.10 Å². The second-order valence-electron chi connectivity index (χ2n) is 5.24. The van der Waals surface area contributed by atoms with Crippen molar-refractivity contribution in [2.45, 2.75) is 13.8 Å². The van der Waals surface area contributed by atoms with Crippen molar-refractivity contribution in [3.05, 3.63) is 52.5 Å². The van der Waals surface area contributed by atoms with Gasteiger partial charge in [0.1, 0.15) is 11.0 Å². The summed E-state index contributed by atoms with van der Waals surface area (Å²) in [6.45, 7) is 3.72. The number of carbonyl (C=O) groups excluding carboxylic acids is 1. The number of rotatable bonds is 4. The lowest BCUT2D eigenvalue weighted by Gasteiger charge is -2.10. The molecule has 1 amide bonds. The van der Waals surface area contributed by atoms with E-state index in [9.17, 15) is 4.79 Å². The number of hydrogen-bond acceptors (Lipinski definition) is 4. The zero-order chi connectivity index (χ0) is 16.4. The third-order valence-electron chi connectivity index (χ3n) is 3.36. The highest BCUT2D eigenvalue weighted by Crippen LogP contribution is 2.17. The van der Waals surface area contributed by atoms with Crippen molar-refractivity contribution >= 4 is 34.2 Å². The molecule has 3 aromatic rings. The van der Waals surface area contributed by atoms with Crippen molar-refractivity contribution in [2.24, 2.45) is 0 Å². The van der Waals surface area contributed by atoms with Crippen LogP contribution in [-0.2, 0) is 4.79 Å². The van der Waals surface area contributed by atoms with Crippen LogP contribution in [0.2, 0.25) is 5.02 Å². The van der Waals surface area contributed by atoms with E-state index in [0.29, 0.717) is 16.1 Å². The van der Waals surface area contributed by atoms with E-state index in [1.54, 1.807) is 18.2 Å². The van der Waals surface area contributed by atoms with E-state index in [-0.39, 0.29) is 12.5 Å². The number of benzene rings is 2. The first-order valence-corrected chi connectivity index (χ1v) is 7.42. The number of nitrogens with one attached hydrogen (secondary N) is 1. The zero-order valence-corrected chi connectivity index (χ0v) is 13.5. The van der Waals surface area contributed by atoms with E-state index in [0.717, 1.165) is 16.8 Å². The molecule has 0 unspecified atom stereocenters. The highest BCUT2D eigenvalue weighted by Gasteiger charge is 2.10. The van der Waals surface area contributed by atoms with Crippen LogP contribution >= 0.6 is 11.6 Å². The molecule has 0 saturated heterocycles. The summed E-state index contributed by atoms with van der Waals surface area (Å²) >= 11 is 5.95. The summed E-state index contributed by atoms with van der Waals surface area (Å²) in [6, 6.07) is 11.0. The lowest BCUT2D eigenvalue weighted by Crippen LogP contribution is -2.26. The summed E-state index contributed by atoms with van der Waals surface area (Å²) in [5.74, 6) is -0.274. The van der Waals surface area contributed by atoms with Gasteiger partial charge in [0.15, 0.2) is 6.61 Å². The second kappa shape index (κ2) is 6.26. The molecule has 1 heterocycles. The average Bonchev–Trinajstić information content (AvgIpc) is 2.91. The first kappa shape index (κ1) is 15.3. The summed E-state index contributed by atoms with van der Waals surface area (Å²) < 4.78 is 0. The lowest BCUT2D eigenvalue weighted by atomic mass is 10.1. The highest BCUT2D eigenvalue weighted by molar-refractivity contribution is 6.31. The predicted octanol–water partition coefficient (Wildman–Crippen LogP) is 2.77. The minimum atomic E-state index is -0.274. The first-order chi connectivity index (χ1) is 11.0. The topological polar surface area (TPSA) is 69.0 Å². The van der Waals surface area contributed by atoms with Crippen LogP contribution in [0.1, 0.15) is 11.1 Å². The molecule has 7 heteroatoms. The van der Waals surface area contributed by atoms with Gasteiger partial charge >= 0.3 is 0 Å². The largest absolute Gasteiger partial charge is 0.385 e. The van der Waals surface area contributed by atoms with Gasteiger partial charge < -0.3 is 10.2 Å². The van der Waals surface area contributed by atoms with Gasteiger partial charge in [-0.2, -0.15) is 0 Å². The number of halogens is 1. The van der Waals surface area contributed by atoms with E-state index in [2.05, 4.69) is 15.6 Å². The van der Waals surface area contributed by atoms with Gasteiger partial charge in [0.05, 0.1) is 0 Å². The Labute approximate surface area is 138 Å². The number of fused-ring (bicyclic) bond motifs is 1. The van der Waals surface area contributed by atoms with Crippen LogP contribution in [0.3, 0.4) is 0 Å². The van der Waals surface area contributed by atoms with Crippen LogP contribution in [0.4, 0.5) is 5.69 Å². The fourth-order valence-electron chi connectivity index (χ4n) is 2.14. The Morgan fingerprint density at radius 3 is 2.91 bits per heavy atom. The van der Waals surface area contributed by atoms with Crippen LogP contribution in [0.5, 0.6) is 0 Å². The molecule has 0 aliphatic rings. The molecule has 0 fully saturated rings. The highest BCUT2D eigenvalue weighted by atomic mass is 35.5. The van der Waals surface area contributed by atoms with Crippen molar-refractivity contribution in [3.63, 3.8) is 0 Å². The van der Waals surface area contributed by atoms with Gasteiger partial charge in [-0.1, -0.05) is 28.6 Å². The van der Waals surface area contributed by atoms with Crippen LogP contribution < -0.4 is 10.2 Å². The second-order valence-corrected chi connectivity index (χ2v) is 5.67. The third-order valence-corrected chi connectivity index (χ3v) is 3.60. The van der Waals surface area contributed by atoms with Gasteiger partial charge in [0.2, 0.25) is 0 Å². The maximum Gasteiger partial charge on any atom is 0.265 e. The molecule has 0 radical (unpaired) electrons.